The summed E-state index contributed by atoms with van der Waals surface area (Å²) in [7, 11) is 0. The lowest BCUT2D eigenvalue weighted by atomic mass is 10.1. The minimum atomic E-state index is 0.480. The summed E-state index contributed by atoms with van der Waals surface area (Å²) in [4.78, 5) is 4.48. The van der Waals surface area contributed by atoms with Crippen LogP contribution in [-0.4, -0.2) is 24.1 Å². The second-order valence-corrected chi connectivity index (χ2v) is 5.88. The lowest BCUT2D eigenvalue weighted by molar-refractivity contribution is 0.638. The van der Waals surface area contributed by atoms with Gasteiger partial charge in [0.1, 0.15) is 0 Å². The van der Waals surface area contributed by atoms with Gasteiger partial charge in [-0.2, -0.15) is 0 Å². The van der Waals surface area contributed by atoms with Crippen LogP contribution < -0.4 is 10.6 Å². The van der Waals surface area contributed by atoms with E-state index in [1.807, 2.05) is 18.3 Å². The third-order valence-electron chi connectivity index (χ3n) is 3.96. The fraction of sp³-hybridized carbons (Fsp3) is 0.438. The molecule has 3 nitrogen and oxygen atoms in total. The zero-order chi connectivity index (χ0) is 13.9. The maximum atomic E-state index is 6.46. The Morgan fingerprint density at radius 1 is 1.35 bits per heavy atom. The zero-order valence-corrected chi connectivity index (χ0v) is 12.5. The summed E-state index contributed by atoms with van der Waals surface area (Å²) < 4.78 is 0. The monoisotopic (exact) mass is 289 g/mol. The average molecular weight is 290 g/mol. The topological polar surface area (TPSA) is 37.0 Å². The summed E-state index contributed by atoms with van der Waals surface area (Å²) in [5.74, 6) is 0. The van der Waals surface area contributed by atoms with Gasteiger partial charge in [-0.1, -0.05) is 11.6 Å². The standard InChI is InChI=1S/C16H20ClN3/c1-11-10-14(17)16(13-5-3-8-19-15(11)13)20-12-4-2-7-18-9-6-12/h3,5,8,10,12,18,20H,2,4,6-7,9H2,1H3. The van der Waals surface area contributed by atoms with Crippen LogP contribution in [0, 0.1) is 6.92 Å². The molecule has 1 aliphatic rings. The smallest absolute Gasteiger partial charge is 0.0752 e. The number of hydrogen-bond acceptors (Lipinski definition) is 3. The van der Waals surface area contributed by atoms with E-state index in [-0.39, 0.29) is 0 Å². The first kappa shape index (κ1) is 13.7. The number of aryl methyl sites for hydroxylation is 1. The minimum absolute atomic E-state index is 0.480. The molecule has 0 saturated carbocycles. The van der Waals surface area contributed by atoms with E-state index < -0.39 is 0 Å². The van der Waals surface area contributed by atoms with Crippen LogP contribution in [0.5, 0.6) is 0 Å². The van der Waals surface area contributed by atoms with Crippen LogP contribution in [0.15, 0.2) is 24.4 Å². The van der Waals surface area contributed by atoms with E-state index in [9.17, 15) is 0 Å². The number of pyridine rings is 1. The maximum absolute atomic E-state index is 6.46. The van der Waals surface area contributed by atoms with Crippen LogP contribution in [0.25, 0.3) is 10.9 Å². The molecular weight excluding hydrogens is 270 g/mol. The minimum Gasteiger partial charge on any atom is -0.381 e. The van der Waals surface area contributed by atoms with Crippen LogP contribution >= 0.6 is 11.6 Å². The highest BCUT2D eigenvalue weighted by molar-refractivity contribution is 6.35. The lowest BCUT2D eigenvalue weighted by Gasteiger charge is -2.20. The number of hydrogen-bond donors (Lipinski definition) is 2. The molecule has 0 radical (unpaired) electrons. The Balaban J connectivity index is 1.97. The molecule has 1 aromatic carbocycles. The quantitative estimate of drug-likeness (QED) is 0.884. The molecule has 0 spiro atoms. The molecule has 4 heteroatoms. The van der Waals surface area contributed by atoms with E-state index in [1.54, 1.807) is 0 Å². The van der Waals surface area contributed by atoms with Crippen molar-refractivity contribution in [3.05, 3.63) is 35.0 Å². The highest BCUT2D eigenvalue weighted by atomic mass is 35.5. The third kappa shape index (κ3) is 2.74. The van der Waals surface area contributed by atoms with Gasteiger partial charge >= 0.3 is 0 Å². The summed E-state index contributed by atoms with van der Waals surface area (Å²) in [5.41, 5.74) is 3.19. The highest BCUT2D eigenvalue weighted by Crippen LogP contribution is 2.33. The Labute approximate surface area is 124 Å². The largest absolute Gasteiger partial charge is 0.381 e. The van der Waals surface area contributed by atoms with E-state index in [1.165, 1.54) is 12.8 Å². The molecule has 1 unspecified atom stereocenters. The molecular formula is C16H20ClN3. The van der Waals surface area contributed by atoms with Gasteiger partial charge in [0.25, 0.3) is 0 Å². The number of fused-ring (bicyclic) bond motifs is 1. The van der Waals surface area contributed by atoms with Gasteiger partial charge in [0.15, 0.2) is 0 Å². The van der Waals surface area contributed by atoms with Gasteiger partial charge in [0.2, 0.25) is 0 Å². The fourth-order valence-corrected chi connectivity index (χ4v) is 3.21. The molecule has 2 N–H and O–H groups in total. The molecule has 20 heavy (non-hydrogen) atoms. The van der Waals surface area contributed by atoms with Crippen molar-refractivity contribution in [3.63, 3.8) is 0 Å². The van der Waals surface area contributed by atoms with Crippen LogP contribution in [-0.2, 0) is 0 Å². The van der Waals surface area contributed by atoms with Gasteiger partial charge < -0.3 is 10.6 Å². The Kier molecular flexibility index (Phi) is 4.08. The summed E-state index contributed by atoms with van der Waals surface area (Å²) >= 11 is 6.46. The second-order valence-electron chi connectivity index (χ2n) is 5.47. The average Bonchev–Trinajstić information content (AvgIpc) is 2.72. The van der Waals surface area contributed by atoms with E-state index in [0.717, 1.165) is 46.7 Å². The third-order valence-corrected chi connectivity index (χ3v) is 4.25. The molecule has 1 fully saturated rings. The van der Waals surface area contributed by atoms with Crippen molar-refractivity contribution in [2.45, 2.75) is 32.2 Å². The lowest BCUT2D eigenvalue weighted by Crippen LogP contribution is -2.21. The SMILES string of the molecule is Cc1cc(Cl)c(NC2CCCNCC2)c2cccnc12. The van der Waals surface area contributed by atoms with Crippen LogP contribution in [0.1, 0.15) is 24.8 Å². The number of rotatable bonds is 2. The second kappa shape index (κ2) is 5.98. The Bertz CT molecular complexity index is 604. The van der Waals surface area contributed by atoms with Crippen molar-refractivity contribution in [1.82, 2.24) is 10.3 Å². The van der Waals surface area contributed by atoms with Crippen molar-refractivity contribution in [2.24, 2.45) is 0 Å². The maximum Gasteiger partial charge on any atom is 0.0752 e. The van der Waals surface area contributed by atoms with E-state index in [4.69, 9.17) is 11.6 Å². The molecule has 0 bridgehead atoms. The summed E-state index contributed by atoms with van der Waals surface area (Å²) in [6.45, 7) is 4.24. The van der Waals surface area contributed by atoms with Crippen LogP contribution in [0.4, 0.5) is 5.69 Å². The zero-order valence-electron chi connectivity index (χ0n) is 11.7. The normalized spacial score (nSPS) is 19.8. The Morgan fingerprint density at radius 2 is 2.25 bits per heavy atom. The first-order valence-electron chi connectivity index (χ1n) is 7.27. The van der Waals surface area contributed by atoms with E-state index >= 15 is 0 Å². The number of anilines is 1. The van der Waals surface area contributed by atoms with Crippen molar-refractivity contribution in [3.8, 4) is 0 Å². The number of nitrogens with one attached hydrogen (secondary N) is 2. The number of aromatic nitrogens is 1. The van der Waals surface area contributed by atoms with Crippen LogP contribution in [0.3, 0.4) is 0 Å². The molecule has 1 aromatic heterocycles. The van der Waals surface area contributed by atoms with Crippen molar-refractivity contribution >= 4 is 28.2 Å². The molecule has 0 aliphatic carbocycles. The van der Waals surface area contributed by atoms with E-state index in [2.05, 4.69) is 28.6 Å². The summed E-state index contributed by atoms with van der Waals surface area (Å²) in [5, 5.41) is 9.00. The first-order chi connectivity index (χ1) is 9.75. The molecule has 0 amide bonds. The van der Waals surface area contributed by atoms with Crippen molar-refractivity contribution in [1.29, 1.82) is 0 Å². The molecule has 3 rings (SSSR count). The first-order valence-corrected chi connectivity index (χ1v) is 7.64. The molecule has 2 aromatic rings. The Hall–Kier alpha value is -1.32. The van der Waals surface area contributed by atoms with Gasteiger partial charge in [-0.05, 0) is 63.0 Å². The molecule has 1 atom stereocenters. The van der Waals surface area contributed by atoms with E-state index in [0.29, 0.717) is 6.04 Å². The van der Waals surface area contributed by atoms with Gasteiger partial charge in [-0.15, -0.1) is 0 Å². The van der Waals surface area contributed by atoms with Crippen LogP contribution in [0.2, 0.25) is 5.02 Å². The number of nitrogens with zero attached hydrogens (tertiary/aromatic N) is 1. The molecule has 1 aliphatic heterocycles. The fourth-order valence-electron chi connectivity index (χ4n) is 2.89. The summed E-state index contributed by atoms with van der Waals surface area (Å²) in [6.07, 6.45) is 5.35. The van der Waals surface area contributed by atoms with Gasteiger partial charge in [-0.3, -0.25) is 4.98 Å². The summed E-state index contributed by atoms with van der Waals surface area (Å²) in [6, 6.07) is 6.55. The highest BCUT2D eigenvalue weighted by Gasteiger charge is 2.16. The molecule has 2 heterocycles. The van der Waals surface area contributed by atoms with Crippen molar-refractivity contribution < 1.29 is 0 Å². The molecule has 1 saturated heterocycles. The predicted octanol–water partition coefficient (Wildman–Crippen LogP) is 3.75. The predicted molar refractivity (Wildman–Crippen MR) is 85.6 cm³/mol. The van der Waals surface area contributed by atoms with Gasteiger partial charge in [0, 0.05) is 17.6 Å². The van der Waals surface area contributed by atoms with Crippen molar-refractivity contribution in [2.75, 3.05) is 18.4 Å². The Morgan fingerprint density at radius 3 is 3.15 bits per heavy atom. The number of halogens is 1. The molecule has 106 valence electrons. The van der Waals surface area contributed by atoms with Gasteiger partial charge in [-0.25, -0.2) is 0 Å². The van der Waals surface area contributed by atoms with Gasteiger partial charge in [0.05, 0.1) is 16.2 Å². The number of benzene rings is 1.